The lowest BCUT2D eigenvalue weighted by Crippen LogP contribution is -2.17. The van der Waals surface area contributed by atoms with Crippen LogP contribution in [0.15, 0.2) is 24.3 Å². The standard InChI is InChI=1S/C18H30FN/c1-3-4-5-6-7-8-9-11-17(15-20-2)16-12-10-13-18(19)14-16/h10,12-14,17,20H,3-9,11,15H2,1-2H3. The van der Waals surface area contributed by atoms with Gasteiger partial charge in [0.2, 0.25) is 0 Å². The number of nitrogens with one attached hydrogen (secondary N) is 1. The van der Waals surface area contributed by atoms with Crippen LogP contribution in [0, 0.1) is 5.82 Å². The molecule has 0 bridgehead atoms. The summed E-state index contributed by atoms with van der Waals surface area (Å²) in [4.78, 5) is 0. The second-order valence-corrected chi connectivity index (χ2v) is 5.72. The lowest BCUT2D eigenvalue weighted by atomic mass is 9.92. The van der Waals surface area contributed by atoms with Gasteiger partial charge in [-0.2, -0.15) is 0 Å². The van der Waals surface area contributed by atoms with E-state index in [0.29, 0.717) is 5.92 Å². The molecule has 0 aliphatic rings. The topological polar surface area (TPSA) is 12.0 Å². The average molecular weight is 279 g/mol. The van der Waals surface area contributed by atoms with Crippen molar-refractivity contribution in [3.05, 3.63) is 35.6 Å². The third kappa shape index (κ3) is 7.04. The fourth-order valence-corrected chi connectivity index (χ4v) is 2.74. The minimum Gasteiger partial charge on any atom is -0.319 e. The SMILES string of the molecule is CCCCCCCCCC(CNC)c1cccc(F)c1. The first kappa shape index (κ1) is 17.2. The van der Waals surface area contributed by atoms with Gasteiger partial charge >= 0.3 is 0 Å². The molecule has 0 saturated heterocycles. The molecule has 1 rings (SSSR count). The van der Waals surface area contributed by atoms with E-state index in [1.165, 1.54) is 51.0 Å². The minimum atomic E-state index is -0.122. The smallest absolute Gasteiger partial charge is 0.123 e. The Labute approximate surface area is 124 Å². The molecule has 1 aromatic rings. The van der Waals surface area contributed by atoms with Crippen molar-refractivity contribution < 1.29 is 4.39 Å². The molecule has 1 N–H and O–H groups in total. The summed E-state index contributed by atoms with van der Waals surface area (Å²) in [5, 5.41) is 3.23. The average Bonchev–Trinajstić information content (AvgIpc) is 2.45. The lowest BCUT2D eigenvalue weighted by molar-refractivity contribution is 0.516. The van der Waals surface area contributed by atoms with Crippen LogP contribution < -0.4 is 5.32 Å². The first-order chi connectivity index (χ1) is 9.77. The fourth-order valence-electron chi connectivity index (χ4n) is 2.74. The van der Waals surface area contributed by atoms with Crippen LogP contribution in [-0.4, -0.2) is 13.6 Å². The summed E-state index contributed by atoms with van der Waals surface area (Å²) in [5.41, 5.74) is 1.13. The molecule has 1 aromatic carbocycles. The van der Waals surface area contributed by atoms with Crippen molar-refractivity contribution in [1.29, 1.82) is 0 Å². The quantitative estimate of drug-likeness (QED) is 0.544. The normalized spacial score (nSPS) is 12.6. The van der Waals surface area contributed by atoms with Crippen LogP contribution >= 0.6 is 0 Å². The molecule has 1 atom stereocenters. The van der Waals surface area contributed by atoms with Gasteiger partial charge in [-0.15, -0.1) is 0 Å². The van der Waals surface area contributed by atoms with E-state index in [2.05, 4.69) is 12.2 Å². The van der Waals surface area contributed by atoms with Gasteiger partial charge in [0, 0.05) is 6.54 Å². The van der Waals surface area contributed by atoms with E-state index in [1.54, 1.807) is 6.07 Å². The van der Waals surface area contributed by atoms with E-state index in [9.17, 15) is 4.39 Å². The molecule has 0 aliphatic carbocycles. The maximum absolute atomic E-state index is 13.3. The summed E-state index contributed by atoms with van der Waals surface area (Å²) >= 11 is 0. The minimum absolute atomic E-state index is 0.122. The molecule has 20 heavy (non-hydrogen) atoms. The predicted molar refractivity (Wildman–Crippen MR) is 85.7 cm³/mol. The van der Waals surface area contributed by atoms with Crippen molar-refractivity contribution >= 4 is 0 Å². The number of halogens is 1. The van der Waals surface area contributed by atoms with Gasteiger partial charge in [-0.3, -0.25) is 0 Å². The third-order valence-electron chi connectivity index (χ3n) is 3.93. The van der Waals surface area contributed by atoms with Crippen molar-refractivity contribution in [1.82, 2.24) is 5.32 Å². The molecule has 0 radical (unpaired) electrons. The summed E-state index contributed by atoms with van der Waals surface area (Å²) < 4.78 is 13.3. The molecule has 0 aromatic heterocycles. The van der Waals surface area contributed by atoms with Gasteiger partial charge in [-0.1, -0.05) is 64.0 Å². The Morgan fingerprint density at radius 2 is 1.75 bits per heavy atom. The van der Waals surface area contributed by atoms with Gasteiger partial charge in [0.15, 0.2) is 0 Å². The second kappa shape index (κ2) is 10.8. The zero-order chi connectivity index (χ0) is 14.6. The highest BCUT2D eigenvalue weighted by atomic mass is 19.1. The molecule has 1 unspecified atom stereocenters. The Kier molecular flexibility index (Phi) is 9.31. The largest absolute Gasteiger partial charge is 0.319 e. The number of benzene rings is 1. The van der Waals surface area contributed by atoms with Gasteiger partial charge in [-0.05, 0) is 37.1 Å². The maximum atomic E-state index is 13.3. The van der Waals surface area contributed by atoms with Crippen LogP contribution in [0.5, 0.6) is 0 Å². The summed E-state index contributed by atoms with van der Waals surface area (Å²) in [6.45, 7) is 3.18. The van der Waals surface area contributed by atoms with Gasteiger partial charge in [0.05, 0.1) is 0 Å². The van der Waals surface area contributed by atoms with Gasteiger partial charge in [0.25, 0.3) is 0 Å². The Hall–Kier alpha value is -0.890. The molecule has 0 spiro atoms. The number of likely N-dealkylation sites (N-methyl/N-ethyl adjacent to an activating group) is 1. The van der Waals surface area contributed by atoms with E-state index < -0.39 is 0 Å². The van der Waals surface area contributed by atoms with Crippen molar-refractivity contribution in [2.75, 3.05) is 13.6 Å². The van der Waals surface area contributed by atoms with E-state index in [-0.39, 0.29) is 5.82 Å². The highest BCUT2D eigenvalue weighted by molar-refractivity contribution is 5.21. The number of hydrogen-bond acceptors (Lipinski definition) is 1. The van der Waals surface area contributed by atoms with Crippen LogP contribution in [0.4, 0.5) is 4.39 Å². The Morgan fingerprint density at radius 1 is 1.05 bits per heavy atom. The summed E-state index contributed by atoms with van der Waals surface area (Å²) in [7, 11) is 1.97. The maximum Gasteiger partial charge on any atom is 0.123 e. The second-order valence-electron chi connectivity index (χ2n) is 5.72. The molecule has 0 saturated carbocycles. The molecular formula is C18H30FN. The van der Waals surface area contributed by atoms with E-state index in [0.717, 1.165) is 18.5 Å². The van der Waals surface area contributed by atoms with Crippen LogP contribution in [-0.2, 0) is 0 Å². The van der Waals surface area contributed by atoms with E-state index >= 15 is 0 Å². The predicted octanol–water partition coefficient (Wildman–Crippen LogP) is 5.27. The third-order valence-corrected chi connectivity index (χ3v) is 3.93. The van der Waals surface area contributed by atoms with E-state index in [1.807, 2.05) is 19.2 Å². The van der Waals surface area contributed by atoms with Crippen LogP contribution in [0.1, 0.15) is 69.8 Å². The van der Waals surface area contributed by atoms with Crippen molar-refractivity contribution in [2.24, 2.45) is 0 Å². The van der Waals surface area contributed by atoms with Crippen molar-refractivity contribution in [2.45, 2.75) is 64.2 Å². The number of hydrogen-bond donors (Lipinski definition) is 1. The monoisotopic (exact) mass is 279 g/mol. The Balaban J connectivity index is 2.29. The summed E-state index contributed by atoms with van der Waals surface area (Å²) in [5.74, 6) is 0.314. The molecule has 0 heterocycles. The Morgan fingerprint density at radius 3 is 2.40 bits per heavy atom. The fraction of sp³-hybridized carbons (Fsp3) is 0.667. The molecule has 0 fully saturated rings. The molecule has 0 amide bonds. The first-order valence-electron chi connectivity index (χ1n) is 8.18. The number of unbranched alkanes of at least 4 members (excludes halogenated alkanes) is 6. The first-order valence-corrected chi connectivity index (χ1v) is 8.18. The molecule has 0 aliphatic heterocycles. The van der Waals surface area contributed by atoms with Gasteiger partial charge in [0.1, 0.15) is 5.82 Å². The highest BCUT2D eigenvalue weighted by Crippen LogP contribution is 2.23. The summed E-state index contributed by atoms with van der Waals surface area (Å²) in [6, 6.07) is 7.07. The lowest BCUT2D eigenvalue weighted by Gasteiger charge is -2.17. The molecular weight excluding hydrogens is 249 g/mol. The zero-order valence-corrected chi connectivity index (χ0v) is 13.1. The zero-order valence-electron chi connectivity index (χ0n) is 13.1. The highest BCUT2D eigenvalue weighted by Gasteiger charge is 2.11. The molecule has 114 valence electrons. The van der Waals surface area contributed by atoms with Gasteiger partial charge in [-0.25, -0.2) is 4.39 Å². The van der Waals surface area contributed by atoms with Crippen LogP contribution in [0.2, 0.25) is 0 Å². The number of rotatable bonds is 11. The summed E-state index contributed by atoms with van der Waals surface area (Å²) in [6.07, 6.45) is 10.5. The van der Waals surface area contributed by atoms with Crippen LogP contribution in [0.3, 0.4) is 0 Å². The van der Waals surface area contributed by atoms with E-state index in [4.69, 9.17) is 0 Å². The van der Waals surface area contributed by atoms with Crippen molar-refractivity contribution in [3.63, 3.8) is 0 Å². The van der Waals surface area contributed by atoms with Crippen molar-refractivity contribution in [3.8, 4) is 0 Å². The van der Waals surface area contributed by atoms with Crippen LogP contribution in [0.25, 0.3) is 0 Å². The van der Waals surface area contributed by atoms with Gasteiger partial charge < -0.3 is 5.32 Å². The molecule has 2 heteroatoms. The molecule has 1 nitrogen and oxygen atoms in total. The Bertz CT molecular complexity index is 351.